The van der Waals surface area contributed by atoms with Gasteiger partial charge < -0.3 is 24.8 Å². The van der Waals surface area contributed by atoms with Crippen LogP contribution in [-0.2, 0) is 12.8 Å². The fraction of sp³-hybridized carbons (Fsp3) is 0.423. The summed E-state index contributed by atoms with van der Waals surface area (Å²) in [5, 5.41) is 3.39. The van der Waals surface area contributed by atoms with Crippen molar-refractivity contribution in [2.75, 3.05) is 34.4 Å². The lowest BCUT2D eigenvalue weighted by molar-refractivity contribution is 0.0725. The molecular weight excluding hydrogens is 436 g/mol. The van der Waals surface area contributed by atoms with E-state index in [1.807, 2.05) is 23.1 Å². The van der Waals surface area contributed by atoms with E-state index in [1.165, 1.54) is 15.6 Å². The lowest BCUT2D eigenvalue weighted by Gasteiger charge is -2.33. The number of hydrogen-bond donors (Lipinski definition) is 1. The third-order valence-electron chi connectivity index (χ3n) is 6.57. The number of aryl methyl sites for hydroxylation is 1. The van der Waals surface area contributed by atoms with Gasteiger partial charge in [-0.3, -0.25) is 4.79 Å². The summed E-state index contributed by atoms with van der Waals surface area (Å²) >= 11 is 1.74. The molecule has 6 nitrogen and oxygen atoms in total. The van der Waals surface area contributed by atoms with Crippen molar-refractivity contribution in [3.05, 3.63) is 52.4 Å². The Morgan fingerprint density at radius 1 is 1.06 bits per heavy atom. The van der Waals surface area contributed by atoms with Crippen molar-refractivity contribution in [2.45, 2.75) is 38.1 Å². The number of methoxy groups -OCH3 is 3. The molecule has 3 aromatic rings. The number of benzene rings is 2. The third-order valence-corrected chi connectivity index (χ3v) is 7.57. The molecule has 0 spiro atoms. The topological polar surface area (TPSA) is 74.0 Å². The number of nitrogens with two attached hydrogens (primary N) is 1. The standard InChI is InChI=1S/C26H32N2O4S/c1-26(27,12-10-17-16-33-22-7-5-6-20(30-2)23(17)22)13-15-28-14-11-18-19(25(28)29)8-9-21(31-3)24(18)32-4/h5-9,16H,10-15,27H2,1-4H3. The van der Waals surface area contributed by atoms with Crippen molar-refractivity contribution >= 4 is 27.3 Å². The van der Waals surface area contributed by atoms with Crippen LogP contribution in [0.1, 0.15) is 41.3 Å². The molecule has 0 saturated heterocycles. The van der Waals surface area contributed by atoms with Crippen LogP contribution in [0.15, 0.2) is 35.7 Å². The van der Waals surface area contributed by atoms with Crippen LogP contribution in [0.5, 0.6) is 17.2 Å². The zero-order chi connectivity index (χ0) is 23.6. The second-order valence-corrected chi connectivity index (χ2v) is 9.78. The maximum absolute atomic E-state index is 13.1. The van der Waals surface area contributed by atoms with Gasteiger partial charge in [0.2, 0.25) is 0 Å². The van der Waals surface area contributed by atoms with Crippen LogP contribution < -0.4 is 19.9 Å². The van der Waals surface area contributed by atoms with E-state index in [4.69, 9.17) is 19.9 Å². The maximum atomic E-state index is 13.1. The van der Waals surface area contributed by atoms with Gasteiger partial charge in [0.15, 0.2) is 11.5 Å². The van der Waals surface area contributed by atoms with Gasteiger partial charge in [-0.1, -0.05) is 6.07 Å². The first kappa shape index (κ1) is 23.4. The van der Waals surface area contributed by atoms with Gasteiger partial charge in [-0.2, -0.15) is 0 Å². The predicted molar refractivity (Wildman–Crippen MR) is 133 cm³/mol. The van der Waals surface area contributed by atoms with E-state index in [2.05, 4.69) is 18.4 Å². The lowest BCUT2D eigenvalue weighted by atomic mass is 9.90. The molecule has 1 atom stereocenters. The molecule has 2 aromatic carbocycles. The summed E-state index contributed by atoms with van der Waals surface area (Å²) in [5.74, 6) is 2.25. The van der Waals surface area contributed by atoms with Crippen LogP contribution in [0.3, 0.4) is 0 Å². The zero-order valence-corrected chi connectivity index (χ0v) is 20.6. The number of carbonyl (C=O) groups is 1. The summed E-state index contributed by atoms with van der Waals surface area (Å²) < 4.78 is 17.7. The molecule has 2 N–H and O–H groups in total. The van der Waals surface area contributed by atoms with E-state index in [1.54, 1.807) is 38.7 Å². The number of ether oxygens (including phenoxy) is 3. The number of thiophene rings is 1. The minimum Gasteiger partial charge on any atom is -0.496 e. The average molecular weight is 469 g/mol. The Hall–Kier alpha value is -2.77. The Balaban J connectivity index is 1.41. The van der Waals surface area contributed by atoms with Gasteiger partial charge in [0.05, 0.1) is 21.3 Å². The van der Waals surface area contributed by atoms with Crippen molar-refractivity contribution < 1.29 is 19.0 Å². The fourth-order valence-corrected chi connectivity index (χ4v) is 5.59. The Morgan fingerprint density at radius 2 is 1.85 bits per heavy atom. The fourth-order valence-electron chi connectivity index (χ4n) is 4.58. The van der Waals surface area contributed by atoms with E-state index in [9.17, 15) is 4.79 Å². The van der Waals surface area contributed by atoms with Gasteiger partial charge >= 0.3 is 0 Å². The van der Waals surface area contributed by atoms with Crippen LogP contribution in [0.4, 0.5) is 0 Å². The normalized spacial score (nSPS) is 15.3. The van der Waals surface area contributed by atoms with Gasteiger partial charge in [-0.05, 0) is 67.8 Å². The summed E-state index contributed by atoms with van der Waals surface area (Å²) in [4.78, 5) is 15.0. The van der Waals surface area contributed by atoms with E-state index in [-0.39, 0.29) is 11.4 Å². The minimum atomic E-state index is -0.381. The molecule has 0 radical (unpaired) electrons. The number of rotatable bonds is 9. The van der Waals surface area contributed by atoms with E-state index < -0.39 is 0 Å². The molecule has 2 heterocycles. The predicted octanol–water partition coefficient (Wildman–Crippen LogP) is 4.67. The first-order chi connectivity index (χ1) is 15.9. The number of hydrogen-bond acceptors (Lipinski definition) is 6. The highest BCUT2D eigenvalue weighted by Crippen LogP contribution is 2.37. The highest BCUT2D eigenvalue weighted by atomic mass is 32.1. The molecule has 0 bridgehead atoms. The number of amides is 1. The summed E-state index contributed by atoms with van der Waals surface area (Å²) in [6.45, 7) is 3.36. The lowest BCUT2D eigenvalue weighted by Crippen LogP contribution is -2.44. The molecule has 1 amide bonds. The van der Waals surface area contributed by atoms with Crippen molar-refractivity contribution in [2.24, 2.45) is 5.73 Å². The summed E-state index contributed by atoms with van der Waals surface area (Å²) in [7, 11) is 4.93. The molecule has 176 valence electrons. The Bertz CT molecular complexity index is 1150. The molecule has 1 aliphatic rings. The largest absolute Gasteiger partial charge is 0.496 e. The van der Waals surface area contributed by atoms with Crippen molar-refractivity contribution in [1.82, 2.24) is 4.90 Å². The molecular formula is C26H32N2O4S. The second-order valence-electron chi connectivity index (χ2n) is 8.87. The van der Waals surface area contributed by atoms with Crippen LogP contribution in [0, 0.1) is 0 Å². The highest BCUT2D eigenvalue weighted by molar-refractivity contribution is 7.17. The average Bonchev–Trinajstić information content (AvgIpc) is 3.25. The number of carbonyl (C=O) groups excluding carboxylic acids is 1. The smallest absolute Gasteiger partial charge is 0.254 e. The quantitative estimate of drug-likeness (QED) is 0.494. The minimum absolute atomic E-state index is 0.0292. The summed E-state index contributed by atoms with van der Waals surface area (Å²) in [6.07, 6.45) is 3.19. The Kier molecular flexibility index (Phi) is 6.81. The summed E-state index contributed by atoms with van der Waals surface area (Å²) in [5.41, 5.74) is 9.19. The van der Waals surface area contributed by atoms with Gasteiger partial charge in [-0.25, -0.2) is 0 Å². The molecule has 1 aliphatic heterocycles. The van der Waals surface area contributed by atoms with Crippen molar-refractivity contribution in [1.29, 1.82) is 0 Å². The molecule has 33 heavy (non-hydrogen) atoms. The molecule has 0 aliphatic carbocycles. The van der Waals surface area contributed by atoms with Gasteiger partial charge in [-0.15, -0.1) is 11.3 Å². The zero-order valence-electron chi connectivity index (χ0n) is 19.8. The van der Waals surface area contributed by atoms with Crippen LogP contribution >= 0.6 is 11.3 Å². The number of nitrogens with zero attached hydrogens (tertiary/aromatic N) is 1. The maximum Gasteiger partial charge on any atom is 0.254 e. The van der Waals surface area contributed by atoms with E-state index in [0.29, 0.717) is 30.2 Å². The SMILES string of the molecule is COc1ccc2c(c1OC)CCN(CCC(C)(N)CCc1csc3cccc(OC)c13)C2=O. The van der Waals surface area contributed by atoms with Crippen LogP contribution in [0.25, 0.3) is 10.1 Å². The van der Waals surface area contributed by atoms with Gasteiger partial charge in [0, 0.05) is 39.8 Å². The molecule has 0 saturated carbocycles. The van der Waals surface area contributed by atoms with Crippen LogP contribution in [-0.4, -0.2) is 50.8 Å². The second kappa shape index (κ2) is 9.61. The Labute approximate surface area is 199 Å². The summed E-state index contributed by atoms with van der Waals surface area (Å²) in [6, 6.07) is 9.78. The van der Waals surface area contributed by atoms with E-state index in [0.717, 1.165) is 37.0 Å². The van der Waals surface area contributed by atoms with Crippen LogP contribution in [0.2, 0.25) is 0 Å². The van der Waals surface area contributed by atoms with Crippen molar-refractivity contribution in [3.8, 4) is 17.2 Å². The molecule has 7 heteroatoms. The molecule has 0 fully saturated rings. The first-order valence-corrected chi connectivity index (χ1v) is 12.1. The van der Waals surface area contributed by atoms with Gasteiger partial charge in [0.25, 0.3) is 5.91 Å². The molecule has 1 unspecified atom stereocenters. The van der Waals surface area contributed by atoms with Gasteiger partial charge in [0.1, 0.15) is 5.75 Å². The monoisotopic (exact) mass is 468 g/mol. The highest BCUT2D eigenvalue weighted by Gasteiger charge is 2.30. The number of fused-ring (bicyclic) bond motifs is 2. The van der Waals surface area contributed by atoms with E-state index >= 15 is 0 Å². The first-order valence-electron chi connectivity index (χ1n) is 11.2. The Morgan fingerprint density at radius 3 is 2.58 bits per heavy atom. The molecule has 4 rings (SSSR count). The third kappa shape index (κ3) is 4.66. The van der Waals surface area contributed by atoms with Crippen molar-refractivity contribution in [3.63, 3.8) is 0 Å². The molecule has 1 aromatic heterocycles.